The lowest BCUT2D eigenvalue weighted by Crippen LogP contribution is -2.40. The van der Waals surface area contributed by atoms with Crippen molar-refractivity contribution in [3.05, 3.63) is 66.0 Å². The molecule has 1 fully saturated rings. The summed E-state index contributed by atoms with van der Waals surface area (Å²) in [5, 5.41) is 2.56. The van der Waals surface area contributed by atoms with Crippen molar-refractivity contribution >= 4 is 33.7 Å². The summed E-state index contributed by atoms with van der Waals surface area (Å²) in [6.45, 7) is 2.66. The van der Waals surface area contributed by atoms with Crippen LogP contribution in [0.25, 0.3) is 6.08 Å². The summed E-state index contributed by atoms with van der Waals surface area (Å²) < 4.78 is 50.4. The van der Waals surface area contributed by atoms with Gasteiger partial charge in [0, 0.05) is 30.4 Å². The normalized spacial score (nSPS) is 15.9. The third kappa shape index (κ3) is 6.00. The van der Waals surface area contributed by atoms with Crippen molar-refractivity contribution in [3.8, 4) is 0 Å². The molecular weight excluding hydrogens is 439 g/mol. The Balaban J connectivity index is 1.55. The monoisotopic (exact) mass is 462 g/mol. The van der Waals surface area contributed by atoms with Gasteiger partial charge < -0.3 is 14.8 Å². The highest BCUT2D eigenvalue weighted by atomic mass is 32.2. The molecule has 2 aromatic rings. The number of sulfonamides is 1. The molecule has 1 aliphatic heterocycles. The van der Waals surface area contributed by atoms with Crippen molar-refractivity contribution in [1.82, 2.24) is 4.31 Å². The van der Waals surface area contributed by atoms with Gasteiger partial charge in [-0.3, -0.25) is 4.79 Å². The van der Waals surface area contributed by atoms with Crippen LogP contribution in [0.3, 0.4) is 0 Å². The van der Waals surface area contributed by atoms with Gasteiger partial charge in [-0.2, -0.15) is 4.31 Å². The Bertz CT molecular complexity index is 1100. The second kappa shape index (κ2) is 10.5. The van der Waals surface area contributed by atoms with Crippen molar-refractivity contribution in [2.24, 2.45) is 0 Å². The van der Waals surface area contributed by atoms with Crippen LogP contribution < -0.4 is 5.32 Å². The third-order valence-corrected chi connectivity index (χ3v) is 6.61. The van der Waals surface area contributed by atoms with E-state index in [1.165, 1.54) is 59.8 Å². The summed E-state index contributed by atoms with van der Waals surface area (Å²) >= 11 is 0. The maximum Gasteiger partial charge on any atom is 0.331 e. The van der Waals surface area contributed by atoms with E-state index in [-0.39, 0.29) is 23.5 Å². The Hall–Kier alpha value is -3.08. The van der Waals surface area contributed by atoms with Crippen LogP contribution in [0.15, 0.2) is 59.5 Å². The zero-order chi connectivity index (χ0) is 23.1. The molecule has 1 atom stereocenters. The van der Waals surface area contributed by atoms with Crippen molar-refractivity contribution in [3.63, 3.8) is 0 Å². The van der Waals surface area contributed by atoms with E-state index < -0.39 is 33.8 Å². The van der Waals surface area contributed by atoms with Crippen LogP contribution in [-0.2, 0) is 29.1 Å². The summed E-state index contributed by atoms with van der Waals surface area (Å²) in [7, 11) is -3.63. The van der Waals surface area contributed by atoms with Crippen LogP contribution >= 0.6 is 0 Å². The van der Waals surface area contributed by atoms with Gasteiger partial charge >= 0.3 is 5.97 Å². The Morgan fingerprint density at radius 3 is 2.44 bits per heavy atom. The molecule has 0 saturated carbocycles. The minimum absolute atomic E-state index is 0.107. The van der Waals surface area contributed by atoms with Gasteiger partial charge in [0.15, 0.2) is 6.10 Å². The first kappa shape index (κ1) is 23.6. The topological polar surface area (TPSA) is 102 Å². The van der Waals surface area contributed by atoms with E-state index in [1.54, 1.807) is 6.07 Å². The molecule has 10 heteroatoms. The molecule has 0 aliphatic carbocycles. The predicted octanol–water partition coefficient (Wildman–Crippen LogP) is 2.43. The predicted molar refractivity (Wildman–Crippen MR) is 116 cm³/mol. The van der Waals surface area contributed by atoms with E-state index in [9.17, 15) is 22.4 Å². The van der Waals surface area contributed by atoms with Crippen LogP contribution in [0.4, 0.5) is 10.1 Å². The molecule has 2 aromatic carbocycles. The van der Waals surface area contributed by atoms with E-state index in [0.717, 1.165) is 6.08 Å². The lowest BCUT2D eigenvalue weighted by atomic mass is 10.2. The second-order valence-electron chi connectivity index (χ2n) is 6.96. The molecule has 1 amide bonds. The standard InChI is InChI=1S/C22H23FN2O6S/c1-16(31-21(26)11-6-17-4-2-3-5-20(17)23)22(27)24-18-7-9-19(10-8-18)32(28,29)25-12-14-30-15-13-25/h2-11,16H,12-15H2,1H3,(H,24,27)/b11-6+. The fourth-order valence-corrected chi connectivity index (χ4v) is 4.33. The van der Waals surface area contributed by atoms with Gasteiger partial charge in [0.25, 0.3) is 5.91 Å². The first-order valence-corrected chi connectivity index (χ1v) is 11.3. The fraction of sp³-hybridized carbons (Fsp3) is 0.273. The van der Waals surface area contributed by atoms with Gasteiger partial charge in [-0.1, -0.05) is 18.2 Å². The molecule has 1 heterocycles. The molecule has 1 saturated heterocycles. The highest BCUT2D eigenvalue weighted by molar-refractivity contribution is 7.89. The summed E-state index contributed by atoms with van der Waals surface area (Å²) in [5.41, 5.74) is 0.564. The quantitative estimate of drug-likeness (QED) is 0.501. The number of hydrogen-bond donors (Lipinski definition) is 1. The van der Waals surface area contributed by atoms with Gasteiger partial charge in [-0.15, -0.1) is 0 Å². The van der Waals surface area contributed by atoms with E-state index in [0.29, 0.717) is 18.9 Å². The Labute approximate surface area is 185 Å². The van der Waals surface area contributed by atoms with E-state index in [4.69, 9.17) is 9.47 Å². The van der Waals surface area contributed by atoms with Crippen LogP contribution in [0.2, 0.25) is 0 Å². The molecule has 32 heavy (non-hydrogen) atoms. The summed E-state index contributed by atoms with van der Waals surface area (Å²) in [6, 6.07) is 11.6. The van der Waals surface area contributed by atoms with Gasteiger partial charge in [0.1, 0.15) is 5.82 Å². The Kier molecular flexibility index (Phi) is 7.73. The van der Waals surface area contributed by atoms with Crippen LogP contribution in [0, 0.1) is 5.82 Å². The molecule has 8 nitrogen and oxygen atoms in total. The zero-order valence-corrected chi connectivity index (χ0v) is 18.2. The largest absolute Gasteiger partial charge is 0.449 e. The second-order valence-corrected chi connectivity index (χ2v) is 8.90. The Morgan fingerprint density at radius 1 is 1.12 bits per heavy atom. The van der Waals surface area contributed by atoms with E-state index in [2.05, 4.69) is 5.32 Å². The molecule has 0 spiro atoms. The van der Waals surface area contributed by atoms with Crippen molar-refractivity contribution in [1.29, 1.82) is 0 Å². The number of ether oxygens (including phenoxy) is 2. The van der Waals surface area contributed by atoms with Crippen LogP contribution in [0.5, 0.6) is 0 Å². The van der Waals surface area contributed by atoms with E-state index >= 15 is 0 Å². The molecular formula is C22H23FN2O6S. The van der Waals surface area contributed by atoms with Gasteiger partial charge in [0.2, 0.25) is 10.0 Å². The highest BCUT2D eigenvalue weighted by Crippen LogP contribution is 2.19. The van der Waals surface area contributed by atoms with Crippen LogP contribution in [-0.4, -0.2) is 57.0 Å². The number of hydrogen-bond acceptors (Lipinski definition) is 6. The summed E-state index contributed by atoms with van der Waals surface area (Å²) in [6.07, 6.45) is 1.17. The van der Waals surface area contributed by atoms with Gasteiger partial charge in [0.05, 0.1) is 18.1 Å². The first-order valence-electron chi connectivity index (χ1n) is 9.89. The van der Waals surface area contributed by atoms with Crippen molar-refractivity contribution in [2.45, 2.75) is 17.9 Å². The maximum absolute atomic E-state index is 13.6. The number of carbonyl (C=O) groups excluding carboxylic acids is 2. The zero-order valence-electron chi connectivity index (χ0n) is 17.4. The third-order valence-electron chi connectivity index (χ3n) is 4.70. The summed E-state index contributed by atoms with van der Waals surface area (Å²) in [5.74, 6) is -1.88. The lowest BCUT2D eigenvalue weighted by molar-refractivity contribution is -0.148. The number of benzene rings is 2. The average Bonchev–Trinajstić information content (AvgIpc) is 2.79. The molecule has 0 bridgehead atoms. The van der Waals surface area contributed by atoms with Crippen LogP contribution in [0.1, 0.15) is 12.5 Å². The molecule has 3 rings (SSSR count). The molecule has 0 radical (unpaired) electrons. The number of morpholine rings is 1. The molecule has 1 aliphatic rings. The number of carbonyl (C=O) groups is 2. The number of amides is 1. The number of esters is 1. The first-order chi connectivity index (χ1) is 15.3. The lowest BCUT2D eigenvalue weighted by Gasteiger charge is -2.26. The number of halogens is 1. The number of anilines is 1. The number of nitrogens with one attached hydrogen (secondary N) is 1. The summed E-state index contributed by atoms with van der Waals surface area (Å²) in [4.78, 5) is 24.3. The Morgan fingerprint density at radius 2 is 1.78 bits per heavy atom. The molecule has 0 aromatic heterocycles. The van der Waals surface area contributed by atoms with E-state index in [1.807, 2.05) is 0 Å². The minimum Gasteiger partial charge on any atom is -0.449 e. The maximum atomic E-state index is 13.6. The SMILES string of the molecule is CC(OC(=O)/C=C/c1ccccc1F)C(=O)Nc1ccc(S(=O)(=O)N2CCOCC2)cc1. The highest BCUT2D eigenvalue weighted by Gasteiger charge is 2.26. The molecule has 170 valence electrons. The fourth-order valence-electron chi connectivity index (χ4n) is 2.93. The number of nitrogens with zero attached hydrogens (tertiary/aromatic N) is 1. The van der Waals surface area contributed by atoms with Gasteiger partial charge in [-0.05, 0) is 43.3 Å². The van der Waals surface area contributed by atoms with Crippen molar-refractivity contribution in [2.75, 3.05) is 31.6 Å². The minimum atomic E-state index is -3.63. The average molecular weight is 462 g/mol. The number of rotatable bonds is 7. The molecule has 1 N–H and O–H groups in total. The van der Waals surface area contributed by atoms with Gasteiger partial charge in [-0.25, -0.2) is 17.6 Å². The smallest absolute Gasteiger partial charge is 0.331 e. The molecule has 1 unspecified atom stereocenters. The van der Waals surface area contributed by atoms with Crippen molar-refractivity contribution < 1.29 is 31.9 Å².